The van der Waals surface area contributed by atoms with Crippen molar-refractivity contribution in [3.05, 3.63) is 24.2 Å². The lowest BCUT2D eigenvalue weighted by Crippen LogP contribution is -2.46. The number of nitrogens with one attached hydrogen (secondary N) is 1. The molecule has 2 fully saturated rings. The van der Waals surface area contributed by atoms with E-state index in [4.69, 9.17) is 9.26 Å². The number of rotatable bonds is 6. The Balaban J connectivity index is 1.41. The van der Waals surface area contributed by atoms with Crippen LogP contribution in [0.1, 0.15) is 44.5 Å². The van der Waals surface area contributed by atoms with Crippen LogP contribution < -0.4 is 5.32 Å². The predicted octanol–water partition coefficient (Wildman–Crippen LogP) is 1.86. The zero-order chi connectivity index (χ0) is 21.8. The average molecular weight is 428 g/mol. The second kappa shape index (κ2) is 9.52. The molecule has 2 amide bonds. The van der Waals surface area contributed by atoms with Gasteiger partial charge in [-0.2, -0.15) is 4.98 Å². The molecule has 2 aromatic rings. The summed E-state index contributed by atoms with van der Waals surface area (Å²) < 4.78 is 10.4. The molecule has 4 heterocycles. The van der Waals surface area contributed by atoms with Gasteiger partial charge in [-0.1, -0.05) is 5.16 Å². The lowest BCUT2D eigenvalue weighted by atomic mass is 10.0. The first-order chi connectivity index (χ1) is 15.0. The van der Waals surface area contributed by atoms with Crippen LogP contribution in [0.25, 0.3) is 11.4 Å². The van der Waals surface area contributed by atoms with E-state index in [0.29, 0.717) is 23.6 Å². The van der Waals surface area contributed by atoms with Crippen molar-refractivity contribution in [2.75, 3.05) is 38.7 Å². The van der Waals surface area contributed by atoms with Crippen molar-refractivity contribution in [2.45, 2.75) is 44.7 Å². The molecule has 0 saturated carbocycles. The van der Waals surface area contributed by atoms with Gasteiger partial charge < -0.3 is 19.5 Å². The van der Waals surface area contributed by atoms with Crippen LogP contribution in [-0.2, 0) is 14.3 Å². The van der Waals surface area contributed by atoms with Crippen molar-refractivity contribution >= 4 is 17.6 Å². The van der Waals surface area contributed by atoms with Gasteiger partial charge >= 0.3 is 0 Å². The third-order valence-corrected chi connectivity index (χ3v) is 5.96. The Morgan fingerprint density at radius 2 is 2.03 bits per heavy atom. The van der Waals surface area contributed by atoms with E-state index in [-0.39, 0.29) is 24.5 Å². The minimum atomic E-state index is -0.264. The van der Waals surface area contributed by atoms with Crippen molar-refractivity contribution in [1.82, 2.24) is 24.9 Å². The number of pyridine rings is 1. The Hall–Kier alpha value is -2.85. The molecular formula is C21H28N6O4. The number of likely N-dealkylation sites (tertiary alicyclic amines) is 2. The zero-order valence-electron chi connectivity index (χ0n) is 17.9. The average Bonchev–Trinajstić information content (AvgIpc) is 3.44. The second-order valence-electron chi connectivity index (χ2n) is 8.00. The van der Waals surface area contributed by atoms with Gasteiger partial charge in [-0.05, 0) is 44.4 Å². The summed E-state index contributed by atoms with van der Waals surface area (Å²) in [6, 6.07) is 4.03. The van der Waals surface area contributed by atoms with Crippen molar-refractivity contribution in [2.24, 2.45) is 0 Å². The van der Waals surface area contributed by atoms with Crippen LogP contribution in [-0.4, -0.2) is 76.1 Å². The van der Waals surface area contributed by atoms with E-state index in [2.05, 4.69) is 25.3 Å². The van der Waals surface area contributed by atoms with Crippen LogP contribution in [0.4, 0.5) is 5.82 Å². The third-order valence-electron chi connectivity index (χ3n) is 5.96. The van der Waals surface area contributed by atoms with E-state index >= 15 is 0 Å². The van der Waals surface area contributed by atoms with Crippen molar-refractivity contribution in [3.8, 4) is 11.4 Å². The number of carbonyl (C=O) groups is 2. The minimum absolute atomic E-state index is 0.0245. The molecule has 0 aliphatic carbocycles. The van der Waals surface area contributed by atoms with Gasteiger partial charge in [0.25, 0.3) is 5.91 Å². The standard InChI is InChI=1S/C21H28N6O4/c1-14(28)26-10-7-16(8-11-26)27-9-3-4-17(27)21-24-20(25-31-21)15-5-6-18(22-12-15)23-19(29)13-30-2/h5-6,12,16-17H,3-4,7-11,13H2,1-2H3,(H,22,23,29)/t17-/m0/s1. The topological polar surface area (TPSA) is 114 Å². The van der Waals surface area contributed by atoms with Gasteiger partial charge in [0.15, 0.2) is 0 Å². The fourth-order valence-electron chi connectivity index (χ4n) is 4.40. The Kier molecular flexibility index (Phi) is 6.57. The van der Waals surface area contributed by atoms with Gasteiger partial charge in [0.2, 0.25) is 17.6 Å². The van der Waals surface area contributed by atoms with Gasteiger partial charge in [0.05, 0.1) is 6.04 Å². The molecule has 2 aromatic heterocycles. The Labute approximate surface area is 180 Å². The summed E-state index contributed by atoms with van der Waals surface area (Å²) >= 11 is 0. The molecule has 1 N–H and O–H groups in total. The maximum atomic E-state index is 11.6. The first kappa shape index (κ1) is 21.4. The minimum Gasteiger partial charge on any atom is -0.375 e. The lowest BCUT2D eigenvalue weighted by molar-refractivity contribution is -0.130. The normalized spacial score (nSPS) is 20.2. The number of methoxy groups -OCH3 is 1. The van der Waals surface area contributed by atoms with Crippen LogP contribution in [0, 0.1) is 0 Å². The van der Waals surface area contributed by atoms with Crippen LogP contribution in [0.5, 0.6) is 0 Å². The number of hydrogen-bond donors (Lipinski definition) is 1. The maximum Gasteiger partial charge on any atom is 0.251 e. The highest BCUT2D eigenvalue weighted by Gasteiger charge is 2.37. The predicted molar refractivity (Wildman–Crippen MR) is 112 cm³/mol. The third kappa shape index (κ3) is 4.91. The van der Waals surface area contributed by atoms with Crippen molar-refractivity contribution in [1.29, 1.82) is 0 Å². The molecule has 0 unspecified atom stereocenters. The molecule has 1 atom stereocenters. The number of ether oxygens (including phenoxy) is 1. The fraction of sp³-hybridized carbons (Fsp3) is 0.571. The summed E-state index contributed by atoms with van der Waals surface area (Å²) in [4.78, 5) is 36.4. The largest absolute Gasteiger partial charge is 0.375 e. The quantitative estimate of drug-likeness (QED) is 0.742. The zero-order valence-corrected chi connectivity index (χ0v) is 17.9. The smallest absolute Gasteiger partial charge is 0.251 e. The molecule has 10 nitrogen and oxygen atoms in total. The SMILES string of the molecule is COCC(=O)Nc1ccc(-c2noc([C@@H]3CCCN3C3CCN(C(C)=O)CC3)n2)cn1. The molecule has 0 aromatic carbocycles. The van der Waals surface area contributed by atoms with E-state index in [1.54, 1.807) is 25.3 Å². The van der Waals surface area contributed by atoms with Gasteiger partial charge in [-0.15, -0.1) is 0 Å². The second-order valence-corrected chi connectivity index (χ2v) is 8.00. The van der Waals surface area contributed by atoms with E-state index < -0.39 is 0 Å². The summed E-state index contributed by atoms with van der Waals surface area (Å²) in [6.07, 6.45) is 5.62. The Morgan fingerprint density at radius 3 is 2.71 bits per heavy atom. The van der Waals surface area contributed by atoms with E-state index in [9.17, 15) is 9.59 Å². The summed E-state index contributed by atoms with van der Waals surface area (Å²) in [5.74, 6) is 1.43. The summed E-state index contributed by atoms with van der Waals surface area (Å²) in [5.41, 5.74) is 0.721. The molecule has 4 rings (SSSR count). The number of anilines is 1. The summed E-state index contributed by atoms with van der Waals surface area (Å²) in [7, 11) is 1.46. The van der Waals surface area contributed by atoms with Gasteiger partial charge in [-0.3, -0.25) is 14.5 Å². The van der Waals surface area contributed by atoms with Crippen LogP contribution >= 0.6 is 0 Å². The molecule has 166 valence electrons. The van der Waals surface area contributed by atoms with Crippen LogP contribution in [0.3, 0.4) is 0 Å². The van der Waals surface area contributed by atoms with E-state index in [0.717, 1.165) is 50.9 Å². The first-order valence-electron chi connectivity index (χ1n) is 10.6. The molecule has 2 aliphatic heterocycles. The Bertz CT molecular complexity index is 907. The first-order valence-corrected chi connectivity index (χ1v) is 10.6. The highest BCUT2D eigenvalue weighted by atomic mass is 16.5. The molecule has 31 heavy (non-hydrogen) atoms. The number of aromatic nitrogens is 3. The van der Waals surface area contributed by atoms with Crippen molar-refractivity contribution < 1.29 is 18.8 Å². The van der Waals surface area contributed by atoms with E-state index in [1.165, 1.54) is 7.11 Å². The maximum absolute atomic E-state index is 11.6. The fourth-order valence-corrected chi connectivity index (χ4v) is 4.40. The van der Waals surface area contributed by atoms with Gasteiger partial charge in [-0.25, -0.2) is 4.98 Å². The molecule has 2 saturated heterocycles. The van der Waals surface area contributed by atoms with Gasteiger partial charge in [0.1, 0.15) is 12.4 Å². The van der Waals surface area contributed by atoms with Crippen molar-refractivity contribution in [3.63, 3.8) is 0 Å². The number of hydrogen-bond acceptors (Lipinski definition) is 8. The van der Waals surface area contributed by atoms with Crippen LogP contribution in [0.2, 0.25) is 0 Å². The van der Waals surface area contributed by atoms with Crippen LogP contribution in [0.15, 0.2) is 22.9 Å². The molecule has 0 bridgehead atoms. The number of nitrogens with zero attached hydrogens (tertiary/aromatic N) is 5. The summed E-state index contributed by atoms with van der Waals surface area (Å²) in [6.45, 7) is 4.22. The molecule has 0 radical (unpaired) electrons. The highest BCUT2D eigenvalue weighted by Crippen LogP contribution is 2.36. The number of amides is 2. The number of carbonyl (C=O) groups excluding carboxylic acids is 2. The molecular weight excluding hydrogens is 400 g/mol. The number of piperidine rings is 1. The molecule has 10 heteroatoms. The van der Waals surface area contributed by atoms with E-state index in [1.807, 2.05) is 4.90 Å². The molecule has 2 aliphatic rings. The lowest BCUT2D eigenvalue weighted by Gasteiger charge is -2.38. The Morgan fingerprint density at radius 1 is 1.23 bits per heavy atom. The monoisotopic (exact) mass is 428 g/mol. The molecule has 0 spiro atoms. The summed E-state index contributed by atoms with van der Waals surface area (Å²) in [5, 5.41) is 6.81. The highest BCUT2D eigenvalue weighted by molar-refractivity contribution is 5.90. The van der Waals surface area contributed by atoms with Gasteiger partial charge in [0, 0.05) is 44.9 Å².